The van der Waals surface area contributed by atoms with Gasteiger partial charge in [0.1, 0.15) is 5.82 Å². The van der Waals surface area contributed by atoms with Gasteiger partial charge < -0.3 is 10.5 Å². The third-order valence-corrected chi connectivity index (χ3v) is 3.90. The van der Waals surface area contributed by atoms with Crippen molar-refractivity contribution in [3.8, 4) is 0 Å². The highest BCUT2D eigenvalue weighted by Gasteiger charge is 2.51. The molecular weight excluding hydrogens is 205 g/mol. The molecule has 0 amide bonds. The summed E-state index contributed by atoms with van der Waals surface area (Å²) in [7, 11) is 0. The van der Waals surface area contributed by atoms with Crippen LogP contribution in [-0.2, 0) is 10.2 Å². The second-order valence-corrected chi connectivity index (χ2v) is 5.17. The van der Waals surface area contributed by atoms with Gasteiger partial charge in [-0.15, -0.1) is 0 Å². The number of hydrogen-bond acceptors (Lipinski definition) is 2. The molecule has 0 spiro atoms. The molecule has 1 aromatic rings. The lowest BCUT2D eigenvalue weighted by Crippen LogP contribution is -2.59. The topological polar surface area (TPSA) is 35.2 Å². The normalized spacial score (nSPS) is 19.2. The van der Waals surface area contributed by atoms with Gasteiger partial charge in [0.15, 0.2) is 0 Å². The van der Waals surface area contributed by atoms with Gasteiger partial charge in [-0.25, -0.2) is 4.39 Å². The third kappa shape index (κ3) is 1.55. The highest BCUT2D eigenvalue weighted by molar-refractivity contribution is 5.31. The lowest BCUT2D eigenvalue weighted by atomic mass is 9.60. The van der Waals surface area contributed by atoms with Crippen LogP contribution in [0.25, 0.3) is 0 Å². The van der Waals surface area contributed by atoms with Crippen molar-refractivity contribution >= 4 is 0 Å². The van der Waals surface area contributed by atoms with Crippen LogP contribution in [0.3, 0.4) is 0 Å². The fourth-order valence-corrected chi connectivity index (χ4v) is 2.22. The van der Waals surface area contributed by atoms with Crippen LogP contribution in [0.15, 0.2) is 24.3 Å². The molecule has 0 unspecified atom stereocenters. The minimum absolute atomic E-state index is 0.0386. The zero-order chi connectivity index (χ0) is 11.8. The second-order valence-electron chi connectivity index (χ2n) is 5.17. The summed E-state index contributed by atoms with van der Waals surface area (Å²) in [6.45, 7) is 6.21. The minimum Gasteiger partial charge on any atom is -0.379 e. The first-order valence-corrected chi connectivity index (χ1v) is 5.56. The molecule has 1 aliphatic rings. The number of rotatable bonds is 3. The predicted octanol–water partition coefficient (Wildman–Crippen LogP) is 2.08. The van der Waals surface area contributed by atoms with E-state index in [1.54, 1.807) is 0 Å². The number of nitrogens with two attached hydrogens (primary N) is 1. The zero-order valence-electron chi connectivity index (χ0n) is 9.79. The summed E-state index contributed by atoms with van der Waals surface area (Å²) in [6.07, 6.45) is 0. The summed E-state index contributed by atoms with van der Waals surface area (Å²) in [5, 5.41) is 0. The lowest BCUT2D eigenvalue weighted by molar-refractivity contribution is -0.116. The highest BCUT2D eigenvalue weighted by Crippen LogP contribution is 2.46. The Labute approximate surface area is 95.6 Å². The summed E-state index contributed by atoms with van der Waals surface area (Å²) >= 11 is 0. The molecule has 1 heterocycles. The third-order valence-electron chi connectivity index (χ3n) is 3.90. The van der Waals surface area contributed by atoms with E-state index in [1.165, 1.54) is 12.1 Å². The van der Waals surface area contributed by atoms with Crippen molar-refractivity contribution in [2.75, 3.05) is 19.8 Å². The Kier molecular flexibility index (Phi) is 2.76. The van der Waals surface area contributed by atoms with E-state index in [1.807, 2.05) is 12.1 Å². The molecule has 2 nitrogen and oxygen atoms in total. The van der Waals surface area contributed by atoms with Crippen LogP contribution in [-0.4, -0.2) is 19.8 Å². The second kappa shape index (κ2) is 3.82. The van der Waals surface area contributed by atoms with Crippen molar-refractivity contribution in [2.45, 2.75) is 19.3 Å². The molecule has 1 aromatic carbocycles. The van der Waals surface area contributed by atoms with Gasteiger partial charge in [0.25, 0.3) is 0 Å². The summed E-state index contributed by atoms with van der Waals surface area (Å²) in [6, 6.07) is 6.69. The smallest absolute Gasteiger partial charge is 0.123 e. The Morgan fingerprint density at radius 2 is 1.88 bits per heavy atom. The molecule has 2 N–H and O–H groups in total. The summed E-state index contributed by atoms with van der Waals surface area (Å²) in [5.41, 5.74) is 6.86. The molecule has 1 aliphatic heterocycles. The monoisotopic (exact) mass is 223 g/mol. The Morgan fingerprint density at radius 3 is 2.25 bits per heavy atom. The van der Waals surface area contributed by atoms with Gasteiger partial charge in [-0.05, 0) is 29.7 Å². The van der Waals surface area contributed by atoms with Crippen molar-refractivity contribution < 1.29 is 9.13 Å². The van der Waals surface area contributed by atoms with E-state index in [0.717, 1.165) is 5.56 Å². The molecule has 16 heavy (non-hydrogen) atoms. The molecule has 2 rings (SSSR count). The maximum absolute atomic E-state index is 12.9. The lowest BCUT2D eigenvalue weighted by Gasteiger charge is -2.52. The van der Waals surface area contributed by atoms with Gasteiger partial charge in [0.2, 0.25) is 0 Å². The minimum atomic E-state index is -0.204. The van der Waals surface area contributed by atoms with E-state index in [0.29, 0.717) is 19.8 Å². The molecule has 0 aromatic heterocycles. The molecule has 3 heteroatoms. The maximum atomic E-state index is 12.9. The van der Waals surface area contributed by atoms with Crippen molar-refractivity contribution in [1.82, 2.24) is 0 Å². The van der Waals surface area contributed by atoms with Gasteiger partial charge in [-0.3, -0.25) is 0 Å². The van der Waals surface area contributed by atoms with E-state index >= 15 is 0 Å². The van der Waals surface area contributed by atoms with Crippen molar-refractivity contribution in [3.05, 3.63) is 35.6 Å². The van der Waals surface area contributed by atoms with Crippen LogP contribution < -0.4 is 5.73 Å². The molecule has 1 saturated heterocycles. The zero-order valence-corrected chi connectivity index (χ0v) is 9.79. The number of benzene rings is 1. The van der Waals surface area contributed by atoms with E-state index in [9.17, 15) is 4.39 Å². The number of hydrogen-bond donors (Lipinski definition) is 1. The number of ether oxygens (including phenoxy) is 1. The molecule has 0 atom stereocenters. The van der Waals surface area contributed by atoms with Crippen LogP contribution in [0, 0.1) is 11.2 Å². The van der Waals surface area contributed by atoms with Crippen LogP contribution in [0.1, 0.15) is 19.4 Å². The SMILES string of the molecule is CC(C)(CN)C1(c2ccc(F)cc2)COC1. The maximum Gasteiger partial charge on any atom is 0.123 e. The number of halogens is 1. The summed E-state index contributed by atoms with van der Waals surface area (Å²) in [5.74, 6) is -0.204. The first-order valence-electron chi connectivity index (χ1n) is 5.56. The molecule has 0 bridgehead atoms. The van der Waals surface area contributed by atoms with Gasteiger partial charge in [0.05, 0.1) is 13.2 Å². The highest BCUT2D eigenvalue weighted by atomic mass is 19.1. The Morgan fingerprint density at radius 1 is 1.31 bits per heavy atom. The molecule has 0 aliphatic carbocycles. The summed E-state index contributed by atoms with van der Waals surface area (Å²) in [4.78, 5) is 0. The summed E-state index contributed by atoms with van der Waals surface area (Å²) < 4.78 is 18.3. The average Bonchev–Trinajstić information content (AvgIpc) is 2.19. The van der Waals surface area contributed by atoms with Crippen LogP contribution in [0.5, 0.6) is 0 Å². The fraction of sp³-hybridized carbons (Fsp3) is 0.538. The van der Waals surface area contributed by atoms with Crippen LogP contribution in [0.2, 0.25) is 0 Å². The first-order chi connectivity index (χ1) is 7.52. The Hall–Kier alpha value is -0.930. The van der Waals surface area contributed by atoms with Gasteiger partial charge in [0, 0.05) is 5.41 Å². The molecule has 0 saturated carbocycles. The van der Waals surface area contributed by atoms with Crippen LogP contribution in [0.4, 0.5) is 4.39 Å². The fourth-order valence-electron chi connectivity index (χ4n) is 2.22. The Bertz CT molecular complexity index is 368. The standard InChI is InChI=1S/C13H18FNO/c1-12(2,7-15)13(8-16-9-13)10-3-5-11(14)6-4-10/h3-6H,7-9,15H2,1-2H3. The molecule has 88 valence electrons. The average molecular weight is 223 g/mol. The predicted molar refractivity (Wildman–Crippen MR) is 61.7 cm³/mol. The van der Waals surface area contributed by atoms with Crippen molar-refractivity contribution in [3.63, 3.8) is 0 Å². The van der Waals surface area contributed by atoms with E-state index in [-0.39, 0.29) is 16.6 Å². The largest absolute Gasteiger partial charge is 0.379 e. The molecule has 1 fully saturated rings. The quantitative estimate of drug-likeness (QED) is 0.851. The van der Waals surface area contributed by atoms with E-state index in [4.69, 9.17) is 10.5 Å². The van der Waals surface area contributed by atoms with Crippen molar-refractivity contribution in [1.29, 1.82) is 0 Å². The van der Waals surface area contributed by atoms with Gasteiger partial charge >= 0.3 is 0 Å². The van der Waals surface area contributed by atoms with Crippen molar-refractivity contribution in [2.24, 2.45) is 11.1 Å². The Balaban J connectivity index is 2.39. The van der Waals surface area contributed by atoms with Gasteiger partial charge in [-0.2, -0.15) is 0 Å². The molecular formula is C13H18FNO. The van der Waals surface area contributed by atoms with Crippen LogP contribution >= 0.6 is 0 Å². The molecule has 0 radical (unpaired) electrons. The first kappa shape index (κ1) is 11.6. The van der Waals surface area contributed by atoms with E-state index in [2.05, 4.69) is 13.8 Å². The van der Waals surface area contributed by atoms with Gasteiger partial charge in [-0.1, -0.05) is 26.0 Å². The van der Waals surface area contributed by atoms with E-state index < -0.39 is 0 Å².